The lowest BCUT2D eigenvalue weighted by Gasteiger charge is -2.24. The Morgan fingerprint density at radius 3 is 2.92 bits per heavy atom. The van der Waals surface area contributed by atoms with Gasteiger partial charge in [0, 0.05) is 18.3 Å². The van der Waals surface area contributed by atoms with Crippen LogP contribution in [0.5, 0.6) is 5.75 Å². The number of benzene rings is 1. The molecule has 1 unspecified atom stereocenters. The van der Waals surface area contributed by atoms with E-state index in [1.54, 1.807) is 25.1 Å². The number of hydrogen-bond acceptors (Lipinski definition) is 7. The van der Waals surface area contributed by atoms with Crippen molar-refractivity contribution < 1.29 is 29.0 Å². The quantitative estimate of drug-likeness (QED) is 0.636. The number of carbonyl (C=O) groups excluding carboxylic acids is 3. The van der Waals surface area contributed by atoms with Crippen LogP contribution in [0.4, 0.5) is 11.4 Å². The summed E-state index contributed by atoms with van der Waals surface area (Å²) in [5.41, 5.74) is 1.33. The van der Waals surface area contributed by atoms with Gasteiger partial charge >= 0.3 is 5.97 Å². The number of aliphatic hydroxyl groups is 1. The highest BCUT2D eigenvalue weighted by Gasteiger charge is 2.34. The lowest BCUT2D eigenvalue weighted by Crippen LogP contribution is -2.34. The largest absolute Gasteiger partial charge is 0.479 e. The fraction of sp³-hybridized carbons (Fsp3) is 0.353. The minimum absolute atomic E-state index is 0.0585. The molecule has 2 amide bonds. The predicted molar refractivity (Wildman–Crippen MR) is 91.5 cm³/mol. The molecule has 9 nitrogen and oxygen atoms in total. The molecule has 0 spiro atoms. The number of fused-ring (bicyclic) bond motifs is 1. The molecule has 0 bridgehead atoms. The van der Waals surface area contributed by atoms with Gasteiger partial charge in [-0.25, -0.2) is 4.79 Å². The van der Waals surface area contributed by atoms with Crippen molar-refractivity contribution in [2.45, 2.75) is 13.0 Å². The van der Waals surface area contributed by atoms with E-state index in [1.165, 1.54) is 12.0 Å². The van der Waals surface area contributed by atoms with Gasteiger partial charge in [0.2, 0.25) is 0 Å². The first kappa shape index (κ1) is 17.7. The first-order valence-corrected chi connectivity index (χ1v) is 8.04. The molecular weight excluding hydrogens is 342 g/mol. The molecule has 0 fully saturated rings. The highest BCUT2D eigenvalue weighted by molar-refractivity contribution is 6.08. The molecule has 2 aliphatic heterocycles. The maximum Gasteiger partial charge on any atom is 0.337 e. The molecule has 0 saturated carbocycles. The van der Waals surface area contributed by atoms with Gasteiger partial charge in [0.25, 0.3) is 11.8 Å². The summed E-state index contributed by atoms with van der Waals surface area (Å²) in [5.74, 6) is -0.796. The molecule has 0 radical (unpaired) electrons. The first-order valence-electron chi connectivity index (χ1n) is 8.04. The monoisotopic (exact) mass is 361 g/mol. The van der Waals surface area contributed by atoms with Crippen LogP contribution < -0.4 is 15.4 Å². The SMILES string of the molecule is COC(=O)C1=C(Nc2ccc3c(c2)OC(C)C(=O)N3)C(=O)N(CCO)C1. The van der Waals surface area contributed by atoms with Crippen LogP contribution in [-0.2, 0) is 19.1 Å². The highest BCUT2D eigenvalue weighted by Crippen LogP contribution is 2.33. The van der Waals surface area contributed by atoms with Crippen LogP contribution in [0.25, 0.3) is 0 Å². The van der Waals surface area contributed by atoms with Crippen LogP contribution >= 0.6 is 0 Å². The third-order valence-electron chi connectivity index (χ3n) is 4.14. The maximum atomic E-state index is 12.5. The summed E-state index contributed by atoms with van der Waals surface area (Å²) in [6.45, 7) is 1.59. The van der Waals surface area contributed by atoms with E-state index in [1.807, 2.05) is 0 Å². The van der Waals surface area contributed by atoms with Crippen molar-refractivity contribution in [3.8, 4) is 5.75 Å². The molecule has 0 aliphatic carbocycles. The zero-order valence-corrected chi connectivity index (χ0v) is 14.4. The van der Waals surface area contributed by atoms with Gasteiger partial charge in [-0.05, 0) is 19.1 Å². The van der Waals surface area contributed by atoms with Crippen molar-refractivity contribution in [1.82, 2.24) is 4.90 Å². The number of β-amino-alcohol motifs (C(OH)–C–C–N with tert-alkyl or cyclic N) is 1. The Labute approximate surface area is 149 Å². The molecular formula is C17H19N3O6. The van der Waals surface area contributed by atoms with Gasteiger partial charge in [-0.2, -0.15) is 0 Å². The second-order valence-corrected chi connectivity index (χ2v) is 5.88. The van der Waals surface area contributed by atoms with E-state index in [4.69, 9.17) is 14.6 Å². The van der Waals surface area contributed by atoms with Crippen molar-refractivity contribution in [1.29, 1.82) is 0 Å². The number of ether oxygens (including phenoxy) is 2. The van der Waals surface area contributed by atoms with E-state index >= 15 is 0 Å². The van der Waals surface area contributed by atoms with Gasteiger partial charge in [-0.1, -0.05) is 0 Å². The molecule has 138 valence electrons. The van der Waals surface area contributed by atoms with Crippen molar-refractivity contribution in [2.75, 3.05) is 37.4 Å². The standard InChI is InChI=1S/C17H19N3O6/c1-9-15(22)19-12-4-3-10(7-13(12)26-9)18-14-11(17(24)25-2)8-20(5-6-21)16(14)23/h3-4,7,9,18,21H,5-6,8H2,1-2H3,(H,19,22). The number of aliphatic hydroxyl groups excluding tert-OH is 1. The topological polar surface area (TPSA) is 117 Å². The fourth-order valence-electron chi connectivity index (χ4n) is 2.77. The Morgan fingerprint density at radius 1 is 1.46 bits per heavy atom. The van der Waals surface area contributed by atoms with E-state index in [0.717, 1.165) is 0 Å². The number of nitrogens with zero attached hydrogens (tertiary/aromatic N) is 1. The van der Waals surface area contributed by atoms with Crippen molar-refractivity contribution >= 4 is 29.2 Å². The Bertz CT molecular complexity index is 804. The number of carbonyl (C=O) groups is 3. The van der Waals surface area contributed by atoms with Gasteiger partial charge in [-0.15, -0.1) is 0 Å². The predicted octanol–water partition coefficient (Wildman–Crippen LogP) is 0.0795. The van der Waals surface area contributed by atoms with E-state index in [-0.39, 0.29) is 36.9 Å². The molecule has 3 N–H and O–H groups in total. The third kappa shape index (κ3) is 3.21. The fourth-order valence-corrected chi connectivity index (χ4v) is 2.77. The van der Waals surface area contributed by atoms with Crippen LogP contribution in [0.3, 0.4) is 0 Å². The Kier molecular flexibility index (Phi) is 4.81. The highest BCUT2D eigenvalue weighted by atomic mass is 16.5. The number of methoxy groups -OCH3 is 1. The molecule has 1 atom stereocenters. The zero-order chi connectivity index (χ0) is 18.8. The molecule has 1 aromatic carbocycles. The number of rotatable bonds is 5. The second-order valence-electron chi connectivity index (χ2n) is 5.88. The summed E-state index contributed by atoms with van der Waals surface area (Å²) in [7, 11) is 1.24. The van der Waals surface area contributed by atoms with E-state index < -0.39 is 18.0 Å². The summed E-state index contributed by atoms with van der Waals surface area (Å²) >= 11 is 0. The molecule has 2 aliphatic rings. The minimum atomic E-state index is -0.629. The van der Waals surface area contributed by atoms with Crippen LogP contribution in [0, 0.1) is 0 Å². The molecule has 1 aromatic rings. The molecule has 9 heteroatoms. The molecule has 26 heavy (non-hydrogen) atoms. The number of hydrogen-bond donors (Lipinski definition) is 3. The first-order chi connectivity index (χ1) is 12.4. The van der Waals surface area contributed by atoms with Crippen LogP contribution in [0.2, 0.25) is 0 Å². The van der Waals surface area contributed by atoms with Gasteiger partial charge in [0.1, 0.15) is 11.4 Å². The zero-order valence-electron chi connectivity index (χ0n) is 14.4. The average Bonchev–Trinajstić information content (AvgIpc) is 2.92. The summed E-state index contributed by atoms with van der Waals surface area (Å²) in [6, 6.07) is 4.93. The molecule has 3 rings (SSSR count). The molecule has 0 aromatic heterocycles. The van der Waals surface area contributed by atoms with Gasteiger partial charge in [0.05, 0.1) is 31.5 Å². The van der Waals surface area contributed by atoms with E-state index in [0.29, 0.717) is 17.1 Å². The number of esters is 1. The second kappa shape index (κ2) is 7.04. The number of nitrogens with one attached hydrogen (secondary N) is 2. The van der Waals surface area contributed by atoms with Crippen LogP contribution in [0.1, 0.15) is 6.92 Å². The molecule has 2 heterocycles. The van der Waals surface area contributed by atoms with E-state index in [9.17, 15) is 14.4 Å². The average molecular weight is 361 g/mol. The summed E-state index contributed by atoms with van der Waals surface area (Å²) in [4.78, 5) is 37.5. The van der Waals surface area contributed by atoms with Crippen molar-refractivity contribution in [3.63, 3.8) is 0 Å². The lowest BCUT2D eigenvalue weighted by molar-refractivity contribution is -0.136. The van der Waals surface area contributed by atoms with Crippen molar-refractivity contribution in [3.05, 3.63) is 29.5 Å². The summed E-state index contributed by atoms with van der Waals surface area (Å²) < 4.78 is 10.3. The van der Waals surface area contributed by atoms with Crippen molar-refractivity contribution in [2.24, 2.45) is 0 Å². The van der Waals surface area contributed by atoms with Gasteiger partial charge < -0.3 is 30.1 Å². The summed E-state index contributed by atoms with van der Waals surface area (Å²) in [5, 5.41) is 14.7. The number of amides is 2. The summed E-state index contributed by atoms with van der Waals surface area (Å²) in [6.07, 6.45) is -0.629. The van der Waals surface area contributed by atoms with Gasteiger partial charge in [-0.3, -0.25) is 9.59 Å². The van der Waals surface area contributed by atoms with Crippen LogP contribution in [0.15, 0.2) is 29.5 Å². The third-order valence-corrected chi connectivity index (χ3v) is 4.14. The Morgan fingerprint density at radius 2 is 2.23 bits per heavy atom. The Balaban J connectivity index is 1.88. The van der Waals surface area contributed by atoms with Gasteiger partial charge in [0.15, 0.2) is 6.10 Å². The lowest BCUT2D eigenvalue weighted by atomic mass is 10.2. The van der Waals surface area contributed by atoms with Crippen LogP contribution in [-0.4, -0.2) is 60.7 Å². The number of anilines is 2. The Hall–Kier alpha value is -3.07. The smallest absolute Gasteiger partial charge is 0.337 e. The normalized spacial score (nSPS) is 19.0. The minimum Gasteiger partial charge on any atom is -0.479 e. The maximum absolute atomic E-state index is 12.5. The van der Waals surface area contributed by atoms with E-state index in [2.05, 4.69) is 10.6 Å². The molecule has 0 saturated heterocycles.